The predicted octanol–water partition coefficient (Wildman–Crippen LogP) is 2.59. The molecule has 20 heavy (non-hydrogen) atoms. The zero-order valence-corrected chi connectivity index (χ0v) is 13.9. The molecule has 4 nitrogen and oxygen atoms in total. The number of ether oxygens (including phenoxy) is 1. The van der Waals surface area contributed by atoms with Gasteiger partial charge in [0.1, 0.15) is 5.75 Å². The molecule has 112 valence electrons. The molecule has 1 unspecified atom stereocenters. The fraction of sp³-hybridized carbons (Fsp3) is 0.533. The van der Waals surface area contributed by atoms with Gasteiger partial charge in [-0.2, -0.15) is 0 Å². The van der Waals surface area contributed by atoms with Gasteiger partial charge in [-0.25, -0.2) is 0 Å². The van der Waals surface area contributed by atoms with Crippen molar-refractivity contribution in [2.45, 2.75) is 32.2 Å². The number of benzene rings is 1. The number of nitrogens with zero attached hydrogens (tertiary/aromatic N) is 1. The third kappa shape index (κ3) is 5.51. The van der Waals surface area contributed by atoms with Gasteiger partial charge in [-0.05, 0) is 46.5 Å². The van der Waals surface area contributed by atoms with E-state index >= 15 is 0 Å². The summed E-state index contributed by atoms with van der Waals surface area (Å²) in [6.07, 6.45) is 2.19. The topological polar surface area (TPSA) is 55.6 Å². The van der Waals surface area contributed by atoms with Gasteiger partial charge >= 0.3 is 0 Å². The maximum Gasteiger partial charge on any atom is 0.225 e. The fourth-order valence-electron chi connectivity index (χ4n) is 1.71. The minimum absolute atomic E-state index is 0.0617. The van der Waals surface area contributed by atoms with Crippen molar-refractivity contribution in [2.24, 2.45) is 5.73 Å². The molecule has 1 atom stereocenters. The van der Waals surface area contributed by atoms with Crippen molar-refractivity contribution >= 4 is 21.8 Å². The quantitative estimate of drug-likeness (QED) is 0.828. The van der Waals surface area contributed by atoms with Crippen molar-refractivity contribution in [1.82, 2.24) is 4.90 Å². The predicted molar refractivity (Wildman–Crippen MR) is 84.9 cm³/mol. The van der Waals surface area contributed by atoms with Crippen molar-refractivity contribution < 1.29 is 9.53 Å². The van der Waals surface area contributed by atoms with E-state index in [2.05, 4.69) is 22.9 Å². The van der Waals surface area contributed by atoms with E-state index < -0.39 is 0 Å². The largest absolute Gasteiger partial charge is 0.492 e. The maximum atomic E-state index is 11.4. The van der Waals surface area contributed by atoms with Gasteiger partial charge in [-0.1, -0.05) is 13.0 Å². The summed E-state index contributed by atoms with van der Waals surface area (Å²) in [6.45, 7) is 2.46. The smallest absolute Gasteiger partial charge is 0.225 e. The Morgan fingerprint density at radius 1 is 1.45 bits per heavy atom. The lowest BCUT2D eigenvalue weighted by molar-refractivity contribution is -0.129. The number of nitrogens with two attached hydrogens (primary N) is 1. The number of halogens is 1. The number of carbonyl (C=O) groups is 1. The van der Waals surface area contributed by atoms with Crippen LogP contribution in [-0.2, 0) is 11.2 Å². The molecule has 0 spiro atoms. The van der Waals surface area contributed by atoms with Gasteiger partial charge in [0.15, 0.2) is 0 Å². The lowest BCUT2D eigenvalue weighted by atomic mass is 10.0. The van der Waals surface area contributed by atoms with Crippen molar-refractivity contribution in [3.05, 3.63) is 28.2 Å². The van der Waals surface area contributed by atoms with Crippen LogP contribution in [0, 0.1) is 0 Å². The second-order valence-corrected chi connectivity index (χ2v) is 5.88. The molecule has 0 aliphatic carbocycles. The van der Waals surface area contributed by atoms with Crippen LogP contribution in [0.4, 0.5) is 0 Å². The first kappa shape index (κ1) is 17.0. The summed E-state index contributed by atoms with van der Waals surface area (Å²) in [7, 11) is 3.48. The van der Waals surface area contributed by atoms with Crippen molar-refractivity contribution in [3.63, 3.8) is 0 Å². The van der Waals surface area contributed by atoms with Gasteiger partial charge < -0.3 is 15.4 Å². The third-order valence-corrected chi connectivity index (χ3v) is 3.71. The van der Waals surface area contributed by atoms with Gasteiger partial charge in [0.25, 0.3) is 0 Å². The molecular formula is C15H23BrN2O2. The standard InChI is InChI=1S/C15H23BrN2O2/c1-4-12(17)9-11-5-6-14(13(16)10-11)20-8-7-15(19)18(2)3/h5-6,10,12H,4,7-9,17H2,1-3H3. The maximum absolute atomic E-state index is 11.4. The van der Waals surface area contributed by atoms with E-state index in [4.69, 9.17) is 10.5 Å². The number of amides is 1. The van der Waals surface area contributed by atoms with Crippen LogP contribution in [0.3, 0.4) is 0 Å². The van der Waals surface area contributed by atoms with E-state index in [1.807, 2.05) is 18.2 Å². The first-order valence-corrected chi connectivity index (χ1v) is 7.60. The Morgan fingerprint density at radius 3 is 2.70 bits per heavy atom. The summed E-state index contributed by atoms with van der Waals surface area (Å²) >= 11 is 3.49. The van der Waals surface area contributed by atoms with E-state index in [9.17, 15) is 4.79 Å². The molecule has 2 N–H and O–H groups in total. The van der Waals surface area contributed by atoms with Crippen LogP contribution in [0.5, 0.6) is 5.75 Å². The Kier molecular flexibility index (Phi) is 7.02. The molecule has 0 aromatic heterocycles. The van der Waals surface area contributed by atoms with Crippen LogP contribution in [0.1, 0.15) is 25.3 Å². The highest BCUT2D eigenvalue weighted by Crippen LogP contribution is 2.26. The van der Waals surface area contributed by atoms with Crippen molar-refractivity contribution in [1.29, 1.82) is 0 Å². The molecule has 0 heterocycles. The monoisotopic (exact) mass is 342 g/mol. The van der Waals surface area contributed by atoms with Crippen molar-refractivity contribution in [2.75, 3.05) is 20.7 Å². The molecular weight excluding hydrogens is 320 g/mol. The molecule has 0 fully saturated rings. The lowest BCUT2D eigenvalue weighted by Crippen LogP contribution is -2.23. The molecule has 0 aliphatic rings. The second-order valence-electron chi connectivity index (χ2n) is 5.02. The number of hydrogen-bond donors (Lipinski definition) is 1. The lowest BCUT2D eigenvalue weighted by Gasteiger charge is -2.13. The second kappa shape index (κ2) is 8.27. The third-order valence-electron chi connectivity index (χ3n) is 3.09. The van der Waals surface area contributed by atoms with Gasteiger partial charge in [0.05, 0.1) is 17.5 Å². The minimum Gasteiger partial charge on any atom is -0.492 e. The average Bonchev–Trinajstić information content (AvgIpc) is 2.40. The molecule has 1 aromatic rings. The first-order chi connectivity index (χ1) is 9.43. The van der Waals surface area contributed by atoms with Crippen LogP contribution in [0.15, 0.2) is 22.7 Å². The molecule has 0 aliphatic heterocycles. The van der Waals surface area contributed by atoms with Crippen molar-refractivity contribution in [3.8, 4) is 5.75 Å². The van der Waals surface area contributed by atoms with Crippen LogP contribution in [-0.4, -0.2) is 37.6 Å². The molecule has 1 amide bonds. The van der Waals surface area contributed by atoms with E-state index in [1.165, 1.54) is 5.56 Å². The van der Waals surface area contributed by atoms with Gasteiger partial charge in [0.2, 0.25) is 5.91 Å². The molecule has 0 radical (unpaired) electrons. The Labute approximate surface area is 129 Å². The summed E-state index contributed by atoms with van der Waals surface area (Å²) in [5.74, 6) is 0.817. The van der Waals surface area contributed by atoms with Crippen LogP contribution < -0.4 is 10.5 Å². The molecule has 1 aromatic carbocycles. The number of carbonyl (C=O) groups excluding carboxylic acids is 1. The first-order valence-electron chi connectivity index (χ1n) is 6.81. The molecule has 5 heteroatoms. The minimum atomic E-state index is 0.0617. The highest BCUT2D eigenvalue weighted by Gasteiger charge is 2.08. The summed E-state index contributed by atoms with van der Waals surface area (Å²) in [5.41, 5.74) is 7.13. The highest BCUT2D eigenvalue weighted by atomic mass is 79.9. The van der Waals surface area contributed by atoms with Gasteiger partial charge in [0, 0.05) is 20.1 Å². The molecule has 0 bridgehead atoms. The zero-order valence-electron chi connectivity index (χ0n) is 12.4. The summed E-state index contributed by atoms with van der Waals surface area (Å²) in [6, 6.07) is 6.15. The summed E-state index contributed by atoms with van der Waals surface area (Å²) in [4.78, 5) is 13.0. The number of hydrogen-bond acceptors (Lipinski definition) is 3. The Hall–Kier alpha value is -1.07. The number of rotatable bonds is 7. The Balaban J connectivity index is 2.53. The van der Waals surface area contributed by atoms with Gasteiger partial charge in [-0.3, -0.25) is 4.79 Å². The van der Waals surface area contributed by atoms with Crippen LogP contribution in [0.25, 0.3) is 0 Å². The van der Waals surface area contributed by atoms with E-state index in [-0.39, 0.29) is 11.9 Å². The van der Waals surface area contributed by atoms with Gasteiger partial charge in [-0.15, -0.1) is 0 Å². The normalized spacial score (nSPS) is 12.1. The Bertz CT molecular complexity index is 449. The molecule has 0 saturated heterocycles. The fourth-order valence-corrected chi connectivity index (χ4v) is 2.25. The van der Waals surface area contributed by atoms with E-state index in [0.29, 0.717) is 13.0 Å². The highest BCUT2D eigenvalue weighted by molar-refractivity contribution is 9.10. The molecule has 0 saturated carbocycles. The average molecular weight is 343 g/mol. The zero-order chi connectivity index (χ0) is 15.1. The van der Waals surface area contributed by atoms with E-state index in [1.54, 1.807) is 19.0 Å². The molecule has 1 rings (SSSR count). The van der Waals surface area contributed by atoms with Crippen LogP contribution in [0.2, 0.25) is 0 Å². The van der Waals surface area contributed by atoms with Crippen LogP contribution >= 0.6 is 15.9 Å². The van der Waals surface area contributed by atoms with E-state index in [0.717, 1.165) is 23.1 Å². The SMILES string of the molecule is CCC(N)Cc1ccc(OCCC(=O)N(C)C)c(Br)c1. The summed E-state index contributed by atoms with van der Waals surface area (Å²) in [5, 5.41) is 0. The summed E-state index contributed by atoms with van der Waals surface area (Å²) < 4.78 is 6.52. The Morgan fingerprint density at radius 2 is 2.15 bits per heavy atom.